The zero-order valence-corrected chi connectivity index (χ0v) is 7.93. The standard InChI is InChI=1S/C9H10N4O2/c10-8-6(2-1-3-11-8)5-13-7(14)4-12-9(13)15/h1-3H,4-5H2,(H2,10,11)(H,12,15). The highest BCUT2D eigenvalue weighted by Gasteiger charge is 2.28. The van der Waals surface area contributed by atoms with Crippen LogP contribution in [0.25, 0.3) is 0 Å². The fourth-order valence-corrected chi connectivity index (χ4v) is 1.37. The van der Waals surface area contributed by atoms with Gasteiger partial charge >= 0.3 is 6.03 Å². The largest absolute Gasteiger partial charge is 0.383 e. The Kier molecular flexibility index (Phi) is 2.24. The molecule has 1 fully saturated rings. The lowest BCUT2D eigenvalue weighted by molar-refractivity contribution is -0.125. The van der Waals surface area contributed by atoms with Crippen LogP contribution in [0.5, 0.6) is 0 Å². The Morgan fingerprint density at radius 2 is 2.33 bits per heavy atom. The Morgan fingerprint density at radius 1 is 1.53 bits per heavy atom. The number of carbonyl (C=O) groups excluding carboxylic acids is 2. The number of hydrogen-bond acceptors (Lipinski definition) is 4. The van der Waals surface area contributed by atoms with Crippen LogP contribution >= 0.6 is 0 Å². The summed E-state index contributed by atoms with van der Waals surface area (Å²) in [6, 6.07) is 3.06. The third-order valence-electron chi connectivity index (χ3n) is 2.19. The fourth-order valence-electron chi connectivity index (χ4n) is 1.37. The van der Waals surface area contributed by atoms with Crippen molar-refractivity contribution in [2.45, 2.75) is 6.54 Å². The minimum absolute atomic E-state index is 0.0546. The molecule has 6 nitrogen and oxygen atoms in total. The van der Waals surface area contributed by atoms with Crippen molar-refractivity contribution in [3.8, 4) is 0 Å². The SMILES string of the molecule is Nc1ncccc1CN1C(=O)CNC1=O. The molecule has 3 amide bonds. The molecule has 0 aliphatic carbocycles. The molecule has 3 N–H and O–H groups in total. The summed E-state index contributed by atoms with van der Waals surface area (Å²) in [7, 11) is 0. The number of imide groups is 1. The van der Waals surface area contributed by atoms with Crippen molar-refractivity contribution in [3.63, 3.8) is 0 Å². The van der Waals surface area contributed by atoms with Gasteiger partial charge in [0.25, 0.3) is 0 Å². The van der Waals surface area contributed by atoms with Gasteiger partial charge in [-0.1, -0.05) is 6.07 Å². The average molecular weight is 206 g/mol. The lowest BCUT2D eigenvalue weighted by atomic mass is 10.2. The number of anilines is 1. The second-order valence-electron chi connectivity index (χ2n) is 3.19. The summed E-state index contributed by atoms with van der Waals surface area (Å²) in [6.45, 7) is 0.226. The van der Waals surface area contributed by atoms with E-state index in [4.69, 9.17) is 5.73 Å². The number of urea groups is 1. The van der Waals surface area contributed by atoms with Gasteiger partial charge in [-0.2, -0.15) is 0 Å². The normalized spacial score (nSPS) is 15.6. The molecule has 0 atom stereocenters. The Hall–Kier alpha value is -2.11. The van der Waals surface area contributed by atoms with Crippen molar-refractivity contribution >= 4 is 17.8 Å². The van der Waals surface area contributed by atoms with Crippen LogP contribution in [-0.2, 0) is 11.3 Å². The summed E-state index contributed by atoms with van der Waals surface area (Å²) >= 11 is 0. The first-order valence-electron chi connectivity index (χ1n) is 4.46. The number of hydrogen-bond donors (Lipinski definition) is 2. The Labute approximate surface area is 86.1 Å². The quantitative estimate of drug-likeness (QED) is 0.651. The van der Waals surface area contributed by atoms with E-state index in [0.29, 0.717) is 11.4 Å². The molecule has 0 aromatic carbocycles. The van der Waals surface area contributed by atoms with Crippen LogP contribution in [0.3, 0.4) is 0 Å². The molecule has 0 spiro atoms. The maximum atomic E-state index is 11.3. The zero-order chi connectivity index (χ0) is 10.8. The van der Waals surface area contributed by atoms with Gasteiger partial charge in [-0.25, -0.2) is 9.78 Å². The summed E-state index contributed by atoms with van der Waals surface area (Å²) < 4.78 is 0. The highest BCUT2D eigenvalue weighted by Crippen LogP contribution is 2.12. The minimum atomic E-state index is -0.386. The van der Waals surface area contributed by atoms with Gasteiger partial charge < -0.3 is 11.1 Å². The predicted octanol–water partition coefficient (Wildman–Crippen LogP) is -0.284. The topological polar surface area (TPSA) is 88.3 Å². The number of nitrogens with two attached hydrogens (primary N) is 1. The second-order valence-corrected chi connectivity index (χ2v) is 3.19. The number of pyridine rings is 1. The van der Waals surface area contributed by atoms with Crippen molar-refractivity contribution in [1.29, 1.82) is 0 Å². The summed E-state index contributed by atoms with van der Waals surface area (Å²) in [5, 5.41) is 2.44. The van der Waals surface area contributed by atoms with Gasteiger partial charge in [0.2, 0.25) is 5.91 Å². The highest BCUT2D eigenvalue weighted by atomic mass is 16.2. The maximum absolute atomic E-state index is 11.3. The molecule has 0 unspecified atom stereocenters. The van der Waals surface area contributed by atoms with Crippen molar-refractivity contribution in [3.05, 3.63) is 23.9 Å². The first kappa shape index (κ1) is 9.45. The maximum Gasteiger partial charge on any atom is 0.324 e. The van der Waals surface area contributed by atoms with Gasteiger partial charge in [0.1, 0.15) is 5.82 Å². The van der Waals surface area contributed by atoms with E-state index in [2.05, 4.69) is 10.3 Å². The Bertz CT molecular complexity index is 402. The number of amides is 3. The van der Waals surface area contributed by atoms with Crippen LogP contribution in [0, 0.1) is 0 Å². The molecular formula is C9H10N4O2. The molecule has 1 aromatic rings. The monoisotopic (exact) mass is 206 g/mol. The van der Waals surface area contributed by atoms with E-state index in [1.165, 1.54) is 0 Å². The van der Waals surface area contributed by atoms with Crippen LogP contribution in [0.1, 0.15) is 5.56 Å². The minimum Gasteiger partial charge on any atom is -0.383 e. The Morgan fingerprint density at radius 3 is 2.93 bits per heavy atom. The molecule has 0 radical (unpaired) electrons. The van der Waals surface area contributed by atoms with Gasteiger partial charge in [0, 0.05) is 11.8 Å². The number of nitrogens with one attached hydrogen (secondary N) is 1. The molecular weight excluding hydrogens is 196 g/mol. The van der Waals surface area contributed by atoms with E-state index in [-0.39, 0.29) is 25.0 Å². The summed E-state index contributed by atoms with van der Waals surface area (Å²) in [4.78, 5) is 27.5. The first-order valence-corrected chi connectivity index (χ1v) is 4.46. The zero-order valence-electron chi connectivity index (χ0n) is 7.93. The molecule has 2 rings (SSSR count). The molecule has 1 aliphatic rings. The highest BCUT2D eigenvalue weighted by molar-refractivity contribution is 6.01. The van der Waals surface area contributed by atoms with E-state index < -0.39 is 0 Å². The van der Waals surface area contributed by atoms with E-state index in [1.807, 2.05) is 0 Å². The van der Waals surface area contributed by atoms with Gasteiger partial charge in [-0.15, -0.1) is 0 Å². The van der Waals surface area contributed by atoms with Gasteiger partial charge in [-0.05, 0) is 6.07 Å². The van der Waals surface area contributed by atoms with Crippen molar-refractivity contribution in [2.24, 2.45) is 0 Å². The average Bonchev–Trinajstić information content (AvgIpc) is 2.53. The molecule has 6 heteroatoms. The Balaban J connectivity index is 2.18. The van der Waals surface area contributed by atoms with Crippen molar-refractivity contribution in [2.75, 3.05) is 12.3 Å². The smallest absolute Gasteiger partial charge is 0.324 e. The van der Waals surface area contributed by atoms with Crippen molar-refractivity contribution < 1.29 is 9.59 Å². The lowest BCUT2D eigenvalue weighted by Gasteiger charge is -2.12. The van der Waals surface area contributed by atoms with Gasteiger partial charge in [0.15, 0.2) is 0 Å². The molecule has 1 saturated heterocycles. The van der Waals surface area contributed by atoms with Gasteiger partial charge in [-0.3, -0.25) is 9.69 Å². The van der Waals surface area contributed by atoms with E-state index >= 15 is 0 Å². The van der Waals surface area contributed by atoms with E-state index in [0.717, 1.165) is 4.90 Å². The third-order valence-corrected chi connectivity index (χ3v) is 2.19. The molecule has 1 aromatic heterocycles. The number of carbonyl (C=O) groups is 2. The van der Waals surface area contributed by atoms with Crippen LogP contribution < -0.4 is 11.1 Å². The summed E-state index contributed by atoms with van der Waals surface area (Å²) in [6.07, 6.45) is 1.56. The molecule has 2 heterocycles. The number of nitrogens with zero attached hydrogens (tertiary/aromatic N) is 2. The van der Waals surface area contributed by atoms with Gasteiger partial charge in [0.05, 0.1) is 13.1 Å². The predicted molar refractivity (Wildman–Crippen MR) is 52.6 cm³/mol. The molecule has 78 valence electrons. The van der Waals surface area contributed by atoms with Crippen LogP contribution in [0.15, 0.2) is 18.3 Å². The fraction of sp³-hybridized carbons (Fsp3) is 0.222. The third kappa shape index (κ3) is 1.74. The number of rotatable bonds is 2. The molecule has 0 saturated carbocycles. The number of nitrogen functional groups attached to an aromatic ring is 1. The molecule has 0 bridgehead atoms. The molecule has 1 aliphatic heterocycles. The van der Waals surface area contributed by atoms with Crippen molar-refractivity contribution in [1.82, 2.24) is 15.2 Å². The number of aromatic nitrogens is 1. The summed E-state index contributed by atoms with van der Waals surface area (Å²) in [5.41, 5.74) is 6.28. The van der Waals surface area contributed by atoms with E-state index in [1.54, 1.807) is 18.3 Å². The van der Waals surface area contributed by atoms with Crippen LogP contribution in [-0.4, -0.2) is 28.4 Å². The second kappa shape index (κ2) is 3.56. The molecule has 15 heavy (non-hydrogen) atoms. The lowest BCUT2D eigenvalue weighted by Crippen LogP contribution is -2.30. The van der Waals surface area contributed by atoms with Crippen LogP contribution in [0.2, 0.25) is 0 Å². The van der Waals surface area contributed by atoms with Crippen LogP contribution in [0.4, 0.5) is 10.6 Å². The summed E-state index contributed by atoms with van der Waals surface area (Å²) in [5.74, 6) is 0.0910. The van der Waals surface area contributed by atoms with E-state index in [9.17, 15) is 9.59 Å². The first-order chi connectivity index (χ1) is 7.18.